The van der Waals surface area contributed by atoms with E-state index in [9.17, 15) is 0 Å². The summed E-state index contributed by atoms with van der Waals surface area (Å²) in [4.78, 5) is 3.99. The lowest BCUT2D eigenvalue weighted by atomic mass is 10.3. The van der Waals surface area contributed by atoms with Crippen molar-refractivity contribution in [1.29, 1.82) is 0 Å². The monoisotopic (exact) mass is 152 g/mol. The maximum Gasteiger partial charge on any atom is 0.0604 e. The highest BCUT2D eigenvalue weighted by atomic mass is 16.3. The second-order valence-electron chi connectivity index (χ2n) is 2.40. The molecular formula is C8H12N2O. The van der Waals surface area contributed by atoms with E-state index in [2.05, 4.69) is 10.3 Å². The predicted octanol–water partition coefficient (Wildman–Crippen LogP) is 0.794. The molecule has 0 radical (unpaired) electrons. The molecule has 1 aromatic rings. The highest BCUT2D eigenvalue weighted by Crippen LogP contribution is 2.05. The highest BCUT2D eigenvalue weighted by Gasteiger charge is 1.90. The van der Waals surface area contributed by atoms with Crippen LogP contribution in [-0.4, -0.2) is 23.2 Å². The fourth-order valence-corrected chi connectivity index (χ4v) is 0.852. The van der Waals surface area contributed by atoms with Gasteiger partial charge < -0.3 is 10.4 Å². The topological polar surface area (TPSA) is 45.2 Å². The van der Waals surface area contributed by atoms with Crippen LogP contribution in [0, 0.1) is 6.92 Å². The van der Waals surface area contributed by atoms with Gasteiger partial charge in [0, 0.05) is 18.9 Å². The third kappa shape index (κ3) is 2.55. The molecule has 0 aliphatic rings. The van der Waals surface area contributed by atoms with Crippen molar-refractivity contribution in [2.45, 2.75) is 6.92 Å². The molecule has 11 heavy (non-hydrogen) atoms. The summed E-state index contributed by atoms with van der Waals surface area (Å²) < 4.78 is 0. The molecule has 1 rings (SSSR count). The quantitative estimate of drug-likeness (QED) is 0.673. The van der Waals surface area contributed by atoms with Crippen molar-refractivity contribution in [2.24, 2.45) is 0 Å². The van der Waals surface area contributed by atoms with E-state index in [1.165, 1.54) is 0 Å². The van der Waals surface area contributed by atoms with Gasteiger partial charge in [-0.1, -0.05) is 0 Å². The largest absolute Gasteiger partial charge is 0.395 e. The Hall–Kier alpha value is -1.09. The number of aryl methyl sites for hydroxylation is 1. The number of hydrogen-bond acceptors (Lipinski definition) is 3. The Morgan fingerprint density at radius 3 is 3.00 bits per heavy atom. The fourth-order valence-electron chi connectivity index (χ4n) is 0.852. The number of rotatable bonds is 3. The van der Waals surface area contributed by atoms with Gasteiger partial charge in [0.25, 0.3) is 0 Å². The average molecular weight is 152 g/mol. The maximum atomic E-state index is 8.51. The SMILES string of the molecule is Cc1cncc(NCCO)c1. The van der Waals surface area contributed by atoms with Crippen molar-refractivity contribution in [3.8, 4) is 0 Å². The Bertz CT molecular complexity index is 225. The van der Waals surface area contributed by atoms with Crippen LogP contribution in [0.25, 0.3) is 0 Å². The summed E-state index contributed by atoms with van der Waals surface area (Å²) in [6, 6.07) is 1.99. The number of aliphatic hydroxyl groups excluding tert-OH is 1. The van der Waals surface area contributed by atoms with Crippen LogP contribution in [0.1, 0.15) is 5.56 Å². The summed E-state index contributed by atoms with van der Waals surface area (Å²) in [5.74, 6) is 0. The van der Waals surface area contributed by atoms with Crippen LogP contribution in [0.5, 0.6) is 0 Å². The molecule has 0 unspecified atom stereocenters. The lowest BCUT2D eigenvalue weighted by Crippen LogP contribution is -2.05. The van der Waals surface area contributed by atoms with E-state index in [4.69, 9.17) is 5.11 Å². The van der Waals surface area contributed by atoms with Gasteiger partial charge in [0.15, 0.2) is 0 Å². The zero-order chi connectivity index (χ0) is 8.10. The van der Waals surface area contributed by atoms with Crippen LogP contribution in [0.15, 0.2) is 18.5 Å². The van der Waals surface area contributed by atoms with Crippen molar-refractivity contribution in [3.05, 3.63) is 24.0 Å². The maximum absolute atomic E-state index is 8.51. The molecule has 3 heteroatoms. The molecule has 0 aromatic carbocycles. The summed E-state index contributed by atoms with van der Waals surface area (Å²) >= 11 is 0. The molecule has 0 fully saturated rings. The zero-order valence-electron chi connectivity index (χ0n) is 6.54. The molecule has 1 aromatic heterocycles. The van der Waals surface area contributed by atoms with Crippen molar-refractivity contribution in [2.75, 3.05) is 18.5 Å². The van der Waals surface area contributed by atoms with Crippen LogP contribution in [0.3, 0.4) is 0 Å². The Kier molecular flexibility index (Phi) is 2.86. The van der Waals surface area contributed by atoms with Gasteiger partial charge in [-0.2, -0.15) is 0 Å². The van der Waals surface area contributed by atoms with E-state index in [0.29, 0.717) is 6.54 Å². The minimum atomic E-state index is 0.147. The Morgan fingerprint density at radius 1 is 1.55 bits per heavy atom. The molecule has 1 heterocycles. The van der Waals surface area contributed by atoms with Crippen molar-refractivity contribution < 1.29 is 5.11 Å². The molecule has 0 aliphatic heterocycles. The fraction of sp³-hybridized carbons (Fsp3) is 0.375. The van der Waals surface area contributed by atoms with E-state index in [1.54, 1.807) is 12.4 Å². The van der Waals surface area contributed by atoms with Gasteiger partial charge in [-0.25, -0.2) is 0 Å². The number of pyridine rings is 1. The lowest BCUT2D eigenvalue weighted by Gasteiger charge is -2.02. The van der Waals surface area contributed by atoms with Gasteiger partial charge in [-0.05, 0) is 18.6 Å². The first-order valence-electron chi connectivity index (χ1n) is 3.59. The van der Waals surface area contributed by atoms with Gasteiger partial charge >= 0.3 is 0 Å². The third-order valence-electron chi connectivity index (χ3n) is 1.32. The molecule has 0 saturated carbocycles. The molecule has 0 spiro atoms. The average Bonchev–Trinajstić information content (AvgIpc) is 2.01. The van der Waals surface area contributed by atoms with Crippen molar-refractivity contribution >= 4 is 5.69 Å². The second-order valence-corrected chi connectivity index (χ2v) is 2.40. The Morgan fingerprint density at radius 2 is 2.36 bits per heavy atom. The van der Waals surface area contributed by atoms with Gasteiger partial charge in [-0.15, -0.1) is 0 Å². The minimum absolute atomic E-state index is 0.147. The first-order chi connectivity index (χ1) is 5.33. The molecule has 0 atom stereocenters. The normalized spacial score (nSPS) is 9.64. The molecule has 0 saturated heterocycles. The van der Waals surface area contributed by atoms with Crippen LogP contribution >= 0.6 is 0 Å². The second kappa shape index (κ2) is 3.93. The Labute approximate surface area is 66.1 Å². The first-order valence-corrected chi connectivity index (χ1v) is 3.59. The number of aliphatic hydroxyl groups is 1. The summed E-state index contributed by atoms with van der Waals surface area (Å²) in [6.07, 6.45) is 3.53. The van der Waals surface area contributed by atoms with Gasteiger partial charge in [0.2, 0.25) is 0 Å². The third-order valence-corrected chi connectivity index (χ3v) is 1.32. The number of nitrogens with one attached hydrogen (secondary N) is 1. The van der Waals surface area contributed by atoms with Gasteiger partial charge in [-0.3, -0.25) is 4.98 Å². The van der Waals surface area contributed by atoms with Crippen molar-refractivity contribution in [3.63, 3.8) is 0 Å². The van der Waals surface area contributed by atoms with Crippen LogP contribution in [-0.2, 0) is 0 Å². The van der Waals surface area contributed by atoms with Gasteiger partial charge in [0.1, 0.15) is 0 Å². The lowest BCUT2D eigenvalue weighted by molar-refractivity contribution is 0.311. The Balaban J connectivity index is 2.56. The standard InChI is InChI=1S/C8H12N2O/c1-7-4-8(6-9-5-7)10-2-3-11/h4-6,10-11H,2-3H2,1H3. The number of hydrogen-bond donors (Lipinski definition) is 2. The number of nitrogens with zero attached hydrogens (tertiary/aromatic N) is 1. The van der Waals surface area contributed by atoms with E-state index < -0.39 is 0 Å². The van der Waals surface area contributed by atoms with E-state index in [1.807, 2.05) is 13.0 Å². The molecule has 60 valence electrons. The molecular weight excluding hydrogens is 140 g/mol. The summed E-state index contributed by atoms with van der Waals surface area (Å²) in [5, 5.41) is 11.5. The number of anilines is 1. The molecule has 2 N–H and O–H groups in total. The number of aromatic nitrogens is 1. The minimum Gasteiger partial charge on any atom is -0.395 e. The molecule has 0 aliphatic carbocycles. The van der Waals surface area contributed by atoms with Gasteiger partial charge in [0.05, 0.1) is 12.3 Å². The molecule has 0 amide bonds. The first kappa shape index (κ1) is 8.01. The molecule has 3 nitrogen and oxygen atoms in total. The summed E-state index contributed by atoms with van der Waals surface area (Å²) in [5.41, 5.74) is 2.08. The van der Waals surface area contributed by atoms with E-state index >= 15 is 0 Å². The smallest absolute Gasteiger partial charge is 0.0604 e. The van der Waals surface area contributed by atoms with E-state index in [-0.39, 0.29) is 6.61 Å². The van der Waals surface area contributed by atoms with Crippen LogP contribution in [0.4, 0.5) is 5.69 Å². The summed E-state index contributed by atoms with van der Waals surface area (Å²) in [7, 11) is 0. The summed E-state index contributed by atoms with van der Waals surface area (Å²) in [6.45, 7) is 2.70. The van der Waals surface area contributed by atoms with Crippen molar-refractivity contribution in [1.82, 2.24) is 4.98 Å². The predicted molar refractivity (Wildman–Crippen MR) is 44.5 cm³/mol. The highest BCUT2D eigenvalue weighted by molar-refractivity contribution is 5.42. The molecule has 0 bridgehead atoms. The van der Waals surface area contributed by atoms with Crippen LogP contribution in [0.2, 0.25) is 0 Å². The van der Waals surface area contributed by atoms with E-state index in [0.717, 1.165) is 11.3 Å². The van der Waals surface area contributed by atoms with Crippen LogP contribution < -0.4 is 5.32 Å². The zero-order valence-corrected chi connectivity index (χ0v) is 6.54.